The number of rotatable bonds is 4. The molecule has 0 fully saturated rings. The standard InChI is InChI=1S/C16H20ClNO2/c1-15(2,16(3,4)19)10-20-14-7-8-18-13-9-11(17)5-6-12(13)14/h5-9,19H,10H2,1-4H3. The highest BCUT2D eigenvalue weighted by molar-refractivity contribution is 6.31. The Bertz CT molecular complexity index is 617. The number of nitrogens with zero attached hydrogens (tertiary/aromatic N) is 1. The van der Waals surface area contributed by atoms with E-state index in [4.69, 9.17) is 16.3 Å². The Kier molecular flexibility index (Phi) is 3.94. The number of pyridine rings is 1. The topological polar surface area (TPSA) is 42.4 Å². The van der Waals surface area contributed by atoms with Gasteiger partial charge in [0.25, 0.3) is 0 Å². The molecule has 0 aliphatic rings. The minimum Gasteiger partial charge on any atom is -0.492 e. The molecule has 0 spiro atoms. The molecule has 108 valence electrons. The normalized spacial score (nSPS) is 12.7. The average Bonchev–Trinajstić information content (AvgIpc) is 2.34. The predicted molar refractivity (Wildman–Crippen MR) is 82.3 cm³/mol. The number of aromatic nitrogens is 1. The molecule has 2 aromatic rings. The summed E-state index contributed by atoms with van der Waals surface area (Å²) in [4.78, 5) is 4.28. The van der Waals surface area contributed by atoms with Gasteiger partial charge in [0.1, 0.15) is 5.75 Å². The Hall–Kier alpha value is -1.32. The van der Waals surface area contributed by atoms with Crippen LogP contribution in [0.2, 0.25) is 5.02 Å². The molecule has 0 amide bonds. The van der Waals surface area contributed by atoms with Gasteiger partial charge >= 0.3 is 0 Å². The molecule has 0 aliphatic heterocycles. The molecular weight excluding hydrogens is 274 g/mol. The fourth-order valence-corrected chi connectivity index (χ4v) is 1.82. The first-order valence-electron chi connectivity index (χ1n) is 6.60. The summed E-state index contributed by atoms with van der Waals surface area (Å²) < 4.78 is 5.91. The zero-order valence-corrected chi connectivity index (χ0v) is 13.0. The maximum absolute atomic E-state index is 10.2. The van der Waals surface area contributed by atoms with Crippen LogP contribution in [0.1, 0.15) is 27.7 Å². The van der Waals surface area contributed by atoms with Crippen molar-refractivity contribution in [1.29, 1.82) is 0 Å². The number of hydrogen-bond donors (Lipinski definition) is 1. The van der Waals surface area contributed by atoms with Crippen LogP contribution in [0.15, 0.2) is 30.5 Å². The Balaban J connectivity index is 2.27. The monoisotopic (exact) mass is 293 g/mol. The lowest BCUT2D eigenvalue weighted by Crippen LogP contribution is -2.43. The Morgan fingerprint density at radius 2 is 1.90 bits per heavy atom. The molecule has 0 atom stereocenters. The van der Waals surface area contributed by atoms with Crippen molar-refractivity contribution in [3.63, 3.8) is 0 Å². The quantitative estimate of drug-likeness (QED) is 0.924. The van der Waals surface area contributed by atoms with Crippen LogP contribution in [0.25, 0.3) is 10.9 Å². The van der Waals surface area contributed by atoms with E-state index in [2.05, 4.69) is 4.98 Å². The third-order valence-electron chi connectivity index (χ3n) is 3.91. The van der Waals surface area contributed by atoms with E-state index in [1.807, 2.05) is 38.1 Å². The van der Waals surface area contributed by atoms with Crippen molar-refractivity contribution in [3.05, 3.63) is 35.5 Å². The molecule has 1 aromatic carbocycles. The number of hydrogen-bond acceptors (Lipinski definition) is 3. The molecule has 2 rings (SSSR count). The van der Waals surface area contributed by atoms with Gasteiger partial charge in [-0.05, 0) is 38.1 Å². The first-order valence-corrected chi connectivity index (χ1v) is 6.98. The van der Waals surface area contributed by atoms with Crippen LogP contribution in [0.5, 0.6) is 5.75 Å². The van der Waals surface area contributed by atoms with E-state index in [1.54, 1.807) is 20.0 Å². The Morgan fingerprint density at radius 1 is 1.20 bits per heavy atom. The average molecular weight is 294 g/mol. The zero-order chi connectivity index (χ0) is 15.0. The lowest BCUT2D eigenvalue weighted by atomic mass is 9.78. The van der Waals surface area contributed by atoms with Gasteiger partial charge in [-0.15, -0.1) is 0 Å². The summed E-state index contributed by atoms with van der Waals surface area (Å²) in [6.45, 7) is 7.96. The van der Waals surface area contributed by atoms with E-state index in [1.165, 1.54) is 0 Å². The van der Waals surface area contributed by atoms with Gasteiger partial charge in [-0.25, -0.2) is 0 Å². The maximum atomic E-state index is 10.2. The summed E-state index contributed by atoms with van der Waals surface area (Å²) in [6, 6.07) is 7.36. The summed E-state index contributed by atoms with van der Waals surface area (Å²) in [5.74, 6) is 0.754. The molecule has 3 nitrogen and oxygen atoms in total. The van der Waals surface area contributed by atoms with Crippen LogP contribution in [-0.4, -0.2) is 22.3 Å². The molecular formula is C16H20ClNO2. The van der Waals surface area contributed by atoms with E-state index in [0.717, 1.165) is 16.7 Å². The van der Waals surface area contributed by atoms with E-state index >= 15 is 0 Å². The van der Waals surface area contributed by atoms with Crippen molar-refractivity contribution in [1.82, 2.24) is 4.98 Å². The Labute approximate surface area is 124 Å². The van der Waals surface area contributed by atoms with Gasteiger partial charge < -0.3 is 9.84 Å². The highest BCUT2D eigenvalue weighted by Crippen LogP contribution is 2.33. The molecule has 0 saturated heterocycles. The third-order valence-corrected chi connectivity index (χ3v) is 4.14. The van der Waals surface area contributed by atoms with Gasteiger partial charge in [-0.1, -0.05) is 25.4 Å². The second kappa shape index (κ2) is 5.23. The SMILES string of the molecule is CC(C)(O)C(C)(C)COc1ccnc2cc(Cl)ccc12. The molecule has 0 radical (unpaired) electrons. The minimum atomic E-state index is -0.820. The second-order valence-electron chi connectivity index (χ2n) is 6.20. The molecule has 1 aromatic heterocycles. The van der Waals surface area contributed by atoms with E-state index in [9.17, 15) is 5.11 Å². The van der Waals surface area contributed by atoms with Gasteiger partial charge in [0.2, 0.25) is 0 Å². The summed E-state index contributed by atoms with van der Waals surface area (Å²) in [7, 11) is 0. The summed E-state index contributed by atoms with van der Waals surface area (Å²) >= 11 is 5.97. The van der Waals surface area contributed by atoms with Gasteiger partial charge in [-0.3, -0.25) is 4.98 Å². The Morgan fingerprint density at radius 3 is 2.55 bits per heavy atom. The number of ether oxygens (including phenoxy) is 1. The largest absolute Gasteiger partial charge is 0.492 e. The van der Waals surface area contributed by atoms with Crippen molar-refractivity contribution in [2.75, 3.05) is 6.61 Å². The highest BCUT2D eigenvalue weighted by atomic mass is 35.5. The van der Waals surface area contributed by atoms with Gasteiger partial charge in [0.15, 0.2) is 0 Å². The maximum Gasteiger partial charge on any atom is 0.130 e. The first kappa shape index (κ1) is 15.1. The van der Waals surface area contributed by atoms with Crippen LogP contribution < -0.4 is 4.74 Å². The van der Waals surface area contributed by atoms with E-state index < -0.39 is 5.60 Å². The molecule has 0 aliphatic carbocycles. The van der Waals surface area contributed by atoms with Crippen molar-refractivity contribution < 1.29 is 9.84 Å². The molecule has 0 bridgehead atoms. The summed E-state index contributed by atoms with van der Waals surface area (Å²) in [5.41, 5.74) is -0.384. The van der Waals surface area contributed by atoms with Crippen molar-refractivity contribution in [3.8, 4) is 5.75 Å². The van der Waals surface area contributed by atoms with Crippen LogP contribution in [-0.2, 0) is 0 Å². The number of benzene rings is 1. The second-order valence-corrected chi connectivity index (χ2v) is 6.64. The summed E-state index contributed by atoms with van der Waals surface area (Å²) in [6.07, 6.45) is 1.70. The fraction of sp³-hybridized carbons (Fsp3) is 0.438. The van der Waals surface area contributed by atoms with Crippen molar-refractivity contribution in [2.45, 2.75) is 33.3 Å². The van der Waals surface area contributed by atoms with E-state index in [0.29, 0.717) is 11.6 Å². The minimum absolute atomic E-state index is 0.366. The molecule has 20 heavy (non-hydrogen) atoms. The molecule has 0 unspecified atom stereocenters. The van der Waals surface area contributed by atoms with Crippen LogP contribution in [0.4, 0.5) is 0 Å². The van der Waals surface area contributed by atoms with Crippen LogP contribution in [0, 0.1) is 5.41 Å². The highest BCUT2D eigenvalue weighted by Gasteiger charge is 2.35. The fourth-order valence-electron chi connectivity index (χ4n) is 1.66. The predicted octanol–water partition coefficient (Wildman–Crippen LogP) is 4.06. The lowest BCUT2D eigenvalue weighted by Gasteiger charge is -2.36. The molecule has 4 heteroatoms. The van der Waals surface area contributed by atoms with Crippen LogP contribution >= 0.6 is 11.6 Å². The number of halogens is 1. The summed E-state index contributed by atoms with van der Waals surface area (Å²) in [5, 5.41) is 11.7. The van der Waals surface area contributed by atoms with Crippen molar-refractivity contribution in [2.24, 2.45) is 5.41 Å². The first-order chi connectivity index (χ1) is 9.21. The molecule has 0 saturated carbocycles. The smallest absolute Gasteiger partial charge is 0.130 e. The van der Waals surface area contributed by atoms with Gasteiger partial charge in [0, 0.05) is 22.0 Å². The zero-order valence-electron chi connectivity index (χ0n) is 12.3. The van der Waals surface area contributed by atoms with E-state index in [-0.39, 0.29) is 5.41 Å². The lowest BCUT2D eigenvalue weighted by molar-refractivity contribution is -0.0568. The van der Waals surface area contributed by atoms with Crippen molar-refractivity contribution >= 4 is 22.5 Å². The van der Waals surface area contributed by atoms with Gasteiger partial charge in [-0.2, -0.15) is 0 Å². The molecule has 1 heterocycles. The third kappa shape index (κ3) is 3.05. The van der Waals surface area contributed by atoms with Crippen LogP contribution in [0.3, 0.4) is 0 Å². The number of fused-ring (bicyclic) bond motifs is 1. The number of aliphatic hydroxyl groups is 1. The molecule has 1 N–H and O–H groups in total. The van der Waals surface area contributed by atoms with Gasteiger partial charge in [0.05, 0.1) is 17.7 Å².